The van der Waals surface area contributed by atoms with Crippen LogP contribution in [0.1, 0.15) is 41.6 Å². The fourth-order valence-corrected chi connectivity index (χ4v) is 3.07. The number of imide groups is 1. The minimum absolute atomic E-state index is 0.409. The van der Waals surface area contributed by atoms with Gasteiger partial charge in [0.2, 0.25) is 0 Å². The van der Waals surface area contributed by atoms with Crippen LogP contribution < -0.4 is 0 Å². The van der Waals surface area contributed by atoms with E-state index in [2.05, 4.69) is 15.9 Å². The van der Waals surface area contributed by atoms with Gasteiger partial charge in [-0.25, -0.2) is 9.69 Å². The first-order valence-corrected chi connectivity index (χ1v) is 7.01. The van der Waals surface area contributed by atoms with Crippen LogP contribution in [0, 0.1) is 0 Å². The van der Waals surface area contributed by atoms with Gasteiger partial charge in [-0.15, -0.1) is 0 Å². The summed E-state index contributed by atoms with van der Waals surface area (Å²) in [6.45, 7) is 5.23. The summed E-state index contributed by atoms with van der Waals surface area (Å²) in [5.74, 6) is -0.409. The van der Waals surface area contributed by atoms with E-state index in [0.29, 0.717) is 16.1 Å². The third-order valence-corrected chi connectivity index (χ3v) is 3.75. The second kappa shape index (κ2) is 4.80. The van der Waals surface area contributed by atoms with Crippen LogP contribution in [0.3, 0.4) is 0 Å². The third-order valence-electron chi connectivity index (χ3n) is 2.56. The number of carbonyl (C=O) groups excluding carboxylic acids is 2. The number of ether oxygens (including phenoxy) is 1. The van der Waals surface area contributed by atoms with Crippen molar-refractivity contribution in [1.29, 1.82) is 0 Å². The molecular formula is C13H13BrClNO3. The molecule has 0 aromatic heterocycles. The van der Waals surface area contributed by atoms with Crippen LogP contribution in [-0.2, 0) is 4.74 Å². The molecule has 102 valence electrons. The van der Waals surface area contributed by atoms with Crippen molar-refractivity contribution in [2.24, 2.45) is 0 Å². The molecule has 1 heterocycles. The van der Waals surface area contributed by atoms with E-state index in [9.17, 15) is 9.59 Å². The molecule has 2 amide bonds. The minimum Gasteiger partial charge on any atom is -0.443 e. The van der Waals surface area contributed by atoms with Crippen molar-refractivity contribution in [2.45, 2.75) is 31.3 Å². The fourth-order valence-electron chi connectivity index (χ4n) is 1.81. The molecule has 1 atom stereocenters. The molecular weight excluding hydrogens is 334 g/mol. The number of rotatable bonds is 0. The minimum atomic E-state index is -0.688. The average Bonchev–Trinajstić information content (AvgIpc) is 2.50. The van der Waals surface area contributed by atoms with Gasteiger partial charge in [0.05, 0.1) is 0 Å². The summed E-state index contributed by atoms with van der Waals surface area (Å²) in [4.78, 5) is 24.7. The highest BCUT2D eigenvalue weighted by atomic mass is 79.9. The summed E-state index contributed by atoms with van der Waals surface area (Å²) < 4.78 is 5.23. The third kappa shape index (κ3) is 2.62. The van der Waals surface area contributed by atoms with Crippen molar-refractivity contribution in [1.82, 2.24) is 4.90 Å². The van der Waals surface area contributed by atoms with Crippen LogP contribution in [0.2, 0.25) is 5.02 Å². The Bertz CT molecular complexity index is 553. The van der Waals surface area contributed by atoms with Gasteiger partial charge in [-0.1, -0.05) is 33.6 Å². The van der Waals surface area contributed by atoms with Gasteiger partial charge in [0.1, 0.15) is 10.6 Å². The van der Waals surface area contributed by atoms with Crippen LogP contribution in [0.5, 0.6) is 0 Å². The topological polar surface area (TPSA) is 46.6 Å². The van der Waals surface area contributed by atoms with Crippen molar-refractivity contribution >= 4 is 39.5 Å². The molecule has 1 aromatic carbocycles. The Kier molecular flexibility index (Phi) is 3.62. The van der Waals surface area contributed by atoms with Crippen LogP contribution in [0.15, 0.2) is 18.2 Å². The van der Waals surface area contributed by atoms with Gasteiger partial charge >= 0.3 is 6.09 Å². The van der Waals surface area contributed by atoms with Crippen LogP contribution in [0.4, 0.5) is 4.79 Å². The van der Waals surface area contributed by atoms with Crippen molar-refractivity contribution in [3.8, 4) is 0 Å². The van der Waals surface area contributed by atoms with Crippen molar-refractivity contribution in [3.63, 3.8) is 0 Å². The highest BCUT2D eigenvalue weighted by molar-refractivity contribution is 9.09. The Morgan fingerprint density at radius 3 is 2.58 bits per heavy atom. The summed E-state index contributed by atoms with van der Waals surface area (Å²) >= 11 is 9.39. The normalized spacial score (nSPS) is 18.5. The summed E-state index contributed by atoms with van der Waals surface area (Å²) in [7, 11) is 0. The van der Waals surface area contributed by atoms with Crippen molar-refractivity contribution < 1.29 is 14.3 Å². The van der Waals surface area contributed by atoms with Gasteiger partial charge in [0, 0.05) is 16.1 Å². The lowest BCUT2D eigenvalue weighted by atomic mass is 10.1. The molecule has 0 saturated carbocycles. The molecule has 0 fully saturated rings. The van der Waals surface area contributed by atoms with E-state index in [1.807, 2.05) is 0 Å². The molecule has 19 heavy (non-hydrogen) atoms. The predicted octanol–water partition coefficient (Wildman–Crippen LogP) is 4.12. The monoisotopic (exact) mass is 345 g/mol. The molecule has 1 aliphatic heterocycles. The molecule has 0 N–H and O–H groups in total. The van der Waals surface area contributed by atoms with Crippen LogP contribution in [-0.4, -0.2) is 22.5 Å². The Morgan fingerprint density at radius 1 is 1.42 bits per heavy atom. The lowest BCUT2D eigenvalue weighted by Gasteiger charge is -2.25. The Hall–Kier alpha value is -1.07. The number of benzene rings is 1. The van der Waals surface area contributed by atoms with E-state index < -0.39 is 22.6 Å². The Balaban J connectivity index is 2.35. The van der Waals surface area contributed by atoms with E-state index in [-0.39, 0.29) is 0 Å². The van der Waals surface area contributed by atoms with E-state index >= 15 is 0 Å². The molecule has 0 bridgehead atoms. The highest BCUT2D eigenvalue weighted by Gasteiger charge is 2.42. The SMILES string of the molecule is CC(C)(C)OC(=O)N1C(=O)c2cccc(Cl)c2C1Br. The lowest BCUT2D eigenvalue weighted by Crippen LogP contribution is -2.37. The number of nitrogens with zero attached hydrogens (tertiary/aromatic N) is 1. The van der Waals surface area contributed by atoms with Crippen molar-refractivity contribution in [3.05, 3.63) is 34.3 Å². The van der Waals surface area contributed by atoms with Crippen LogP contribution in [0.25, 0.3) is 0 Å². The maximum atomic E-state index is 12.2. The maximum Gasteiger partial charge on any atom is 0.418 e. The first-order chi connectivity index (χ1) is 8.72. The standard InChI is InChI=1S/C13H13BrClNO3/c1-13(2,3)19-12(18)16-10(14)9-7(11(16)17)5-4-6-8(9)15/h4-6,10H,1-3H3. The van der Waals surface area contributed by atoms with Gasteiger partial charge in [-0.2, -0.15) is 0 Å². The van der Waals surface area contributed by atoms with Crippen molar-refractivity contribution in [2.75, 3.05) is 0 Å². The Morgan fingerprint density at radius 2 is 2.05 bits per heavy atom. The van der Waals surface area contributed by atoms with Gasteiger partial charge in [0.25, 0.3) is 5.91 Å². The molecule has 4 nitrogen and oxygen atoms in total. The summed E-state index contributed by atoms with van der Waals surface area (Å²) in [6, 6.07) is 5.00. The molecule has 0 saturated heterocycles. The average molecular weight is 347 g/mol. The summed E-state index contributed by atoms with van der Waals surface area (Å²) in [5, 5.41) is 0.443. The second-order valence-electron chi connectivity index (χ2n) is 5.19. The second-order valence-corrected chi connectivity index (χ2v) is 6.47. The van der Waals surface area contributed by atoms with Gasteiger partial charge < -0.3 is 4.74 Å². The smallest absolute Gasteiger partial charge is 0.418 e. The predicted molar refractivity (Wildman–Crippen MR) is 75.5 cm³/mol. The molecule has 0 aliphatic carbocycles. The number of alkyl halides is 1. The van der Waals surface area contributed by atoms with Gasteiger partial charge in [-0.05, 0) is 32.9 Å². The number of carbonyl (C=O) groups is 2. The molecule has 1 aromatic rings. The van der Waals surface area contributed by atoms with E-state index in [1.54, 1.807) is 39.0 Å². The summed E-state index contributed by atoms with van der Waals surface area (Å²) in [5.41, 5.74) is 0.350. The number of hydrogen-bond donors (Lipinski definition) is 0. The zero-order valence-corrected chi connectivity index (χ0v) is 13.1. The van der Waals surface area contributed by atoms with E-state index in [1.165, 1.54) is 0 Å². The van der Waals surface area contributed by atoms with E-state index in [4.69, 9.17) is 16.3 Å². The lowest BCUT2D eigenvalue weighted by molar-refractivity contribution is 0.0246. The first-order valence-electron chi connectivity index (χ1n) is 5.71. The first kappa shape index (κ1) is 14.3. The molecule has 0 radical (unpaired) electrons. The molecule has 2 rings (SSSR count). The zero-order chi connectivity index (χ0) is 14.4. The van der Waals surface area contributed by atoms with Gasteiger partial charge in [-0.3, -0.25) is 4.79 Å². The molecule has 0 spiro atoms. The highest BCUT2D eigenvalue weighted by Crippen LogP contribution is 2.42. The number of hydrogen-bond acceptors (Lipinski definition) is 3. The largest absolute Gasteiger partial charge is 0.443 e. The van der Waals surface area contributed by atoms with Crippen LogP contribution >= 0.6 is 27.5 Å². The Labute approximate surface area is 124 Å². The quantitative estimate of drug-likeness (QED) is 0.524. The molecule has 6 heteroatoms. The molecule has 1 aliphatic rings. The number of halogens is 2. The maximum absolute atomic E-state index is 12.2. The zero-order valence-electron chi connectivity index (χ0n) is 10.7. The summed E-state index contributed by atoms with van der Waals surface area (Å²) in [6.07, 6.45) is -0.688. The molecule has 1 unspecified atom stereocenters. The van der Waals surface area contributed by atoms with Gasteiger partial charge in [0.15, 0.2) is 0 Å². The number of amides is 2. The van der Waals surface area contributed by atoms with E-state index in [0.717, 1.165) is 4.90 Å². The fraction of sp³-hybridized carbons (Fsp3) is 0.385. The number of fused-ring (bicyclic) bond motifs is 1.